The minimum absolute atomic E-state index is 0.190. The average Bonchev–Trinajstić information content (AvgIpc) is 3.49. The summed E-state index contributed by atoms with van der Waals surface area (Å²) in [5, 5.41) is 11.2. The van der Waals surface area contributed by atoms with Crippen molar-refractivity contribution in [1.82, 2.24) is 9.97 Å². The van der Waals surface area contributed by atoms with Crippen molar-refractivity contribution in [2.75, 3.05) is 39.3 Å². The van der Waals surface area contributed by atoms with Crippen molar-refractivity contribution < 1.29 is 132 Å². The maximum atomic E-state index is 15.2. The molecule has 0 atom stereocenters. The molecule has 412 valence electrons. The van der Waals surface area contributed by atoms with E-state index in [2.05, 4.69) is 43.7 Å². The molecule has 17 nitrogen and oxygen atoms in total. The van der Waals surface area contributed by atoms with Gasteiger partial charge in [-0.25, -0.2) is 50.7 Å². The summed E-state index contributed by atoms with van der Waals surface area (Å²) in [5.74, 6) is -22.5. The molecule has 2 aromatic heterocycles. The van der Waals surface area contributed by atoms with Crippen LogP contribution in [0.4, 0.5) is 72.8 Å². The number of pyridine rings is 2. The second-order valence-corrected chi connectivity index (χ2v) is 13.8. The van der Waals surface area contributed by atoms with Gasteiger partial charge < -0.3 is 54.1 Å². The number of rotatable bonds is 15. The average molecular weight is 1120 g/mol. The van der Waals surface area contributed by atoms with E-state index < -0.39 is 155 Å². The second-order valence-electron chi connectivity index (χ2n) is 13.8. The van der Waals surface area contributed by atoms with Crippen LogP contribution in [0.5, 0.6) is 46.0 Å². The molecule has 0 fully saturated rings. The van der Waals surface area contributed by atoms with Gasteiger partial charge in [-0.05, 0) is 72.8 Å². The quantitative estimate of drug-likeness (QED) is 0.0642. The van der Waals surface area contributed by atoms with Gasteiger partial charge in [0.15, 0.2) is 23.0 Å². The van der Waals surface area contributed by atoms with Gasteiger partial charge in [0.1, 0.15) is 45.6 Å². The van der Waals surface area contributed by atoms with Gasteiger partial charge >= 0.3 is 30.6 Å². The summed E-state index contributed by atoms with van der Waals surface area (Å²) in [5.41, 5.74) is 0.434. The number of nitrogens with one attached hydrogen (secondary N) is 1. The largest absolute Gasteiger partial charge is 0.573 e. The third-order valence-corrected chi connectivity index (χ3v) is 8.92. The maximum absolute atomic E-state index is 15.2. The first-order valence-corrected chi connectivity index (χ1v) is 19.8. The van der Waals surface area contributed by atoms with Gasteiger partial charge in [-0.3, -0.25) is 4.79 Å². The van der Waals surface area contributed by atoms with Crippen LogP contribution in [0.15, 0.2) is 85.2 Å². The van der Waals surface area contributed by atoms with E-state index in [0.29, 0.717) is 54.2 Å². The van der Waals surface area contributed by atoms with Crippen molar-refractivity contribution >= 4 is 35.2 Å². The number of ether oxygens (including phenoxy) is 8. The molecule has 0 bridgehead atoms. The number of halogens is 14. The Morgan fingerprint density at radius 3 is 1.39 bits per heavy atom. The number of hydrogen-bond donors (Lipinski definition) is 3. The number of benzene rings is 4. The van der Waals surface area contributed by atoms with Crippen molar-refractivity contribution in [2.45, 2.75) is 25.6 Å². The number of carboxylic acids is 1. The monoisotopic (exact) mass is 1120 g/mol. The smallest absolute Gasteiger partial charge is 0.490 e. The number of esters is 2. The summed E-state index contributed by atoms with van der Waals surface area (Å²) in [6.45, 7) is 0. The zero-order valence-corrected chi connectivity index (χ0v) is 37.8. The number of aromatic nitrogens is 2. The second kappa shape index (κ2) is 25.8. The van der Waals surface area contributed by atoms with Gasteiger partial charge in [-0.2, -0.15) is 8.78 Å². The third-order valence-electron chi connectivity index (χ3n) is 8.92. The van der Waals surface area contributed by atoms with Gasteiger partial charge in [0, 0.05) is 23.8 Å². The lowest BCUT2D eigenvalue weighted by Crippen LogP contribution is -2.18. The zero-order valence-electron chi connectivity index (χ0n) is 43.8. The molecular formula is C46H32F14N4O13. The number of carbonyl (C=O) groups is 4. The Balaban J connectivity index is 0.000000308. The Labute approximate surface area is 430 Å². The molecule has 0 unspecified atom stereocenters. The fourth-order valence-corrected chi connectivity index (χ4v) is 5.68. The number of nitrogen functional groups attached to an aromatic ring is 1. The summed E-state index contributed by atoms with van der Waals surface area (Å²) in [4.78, 5) is 54.3. The number of carbonyl (C=O) groups excluding carboxylic acids is 3. The number of methoxy groups -OCH3 is 4. The molecule has 6 rings (SSSR count). The molecular weight excluding hydrogens is 1080 g/mol. The Hall–Kier alpha value is -9.32. The molecule has 0 saturated heterocycles. The number of carboxylic acid groups (broad SMARTS) is 1. The van der Waals surface area contributed by atoms with E-state index in [-0.39, 0.29) is 17.1 Å². The number of nitrogens with zero attached hydrogens (tertiary/aromatic N) is 2. The lowest BCUT2D eigenvalue weighted by atomic mass is 10.1. The fraction of sp³-hybridized carbons (Fsp3) is 0.174. The summed E-state index contributed by atoms with van der Waals surface area (Å²) in [7, 11) is -4.54. The summed E-state index contributed by atoms with van der Waals surface area (Å²) >= 11 is 0. The number of anilines is 2. The van der Waals surface area contributed by atoms with Crippen molar-refractivity contribution in [2.24, 2.45) is 0 Å². The zero-order chi connectivity index (χ0) is 62.7. The summed E-state index contributed by atoms with van der Waals surface area (Å²) in [6.07, 6.45) is -15.1. The van der Waals surface area contributed by atoms with E-state index in [1.165, 1.54) is 19.4 Å². The van der Waals surface area contributed by atoms with Crippen molar-refractivity contribution in [3.63, 3.8) is 0 Å². The van der Waals surface area contributed by atoms with Gasteiger partial charge in [0.2, 0.25) is 23.1 Å². The fourth-order valence-electron chi connectivity index (χ4n) is 5.68. The van der Waals surface area contributed by atoms with E-state index in [0.717, 1.165) is 25.4 Å². The Morgan fingerprint density at radius 2 is 0.987 bits per heavy atom. The van der Waals surface area contributed by atoms with Crippen LogP contribution in [-0.4, -0.2) is 79.9 Å². The number of alkyl halides is 10. The van der Waals surface area contributed by atoms with Gasteiger partial charge in [-0.15, -0.1) is 26.3 Å². The molecule has 31 heteroatoms. The lowest BCUT2D eigenvalue weighted by Gasteiger charge is -2.17. The molecule has 77 heavy (non-hydrogen) atoms. The third kappa shape index (κ3) is 15.8. The van der Waals surface area contributed by atoms with E-state index in [4.69, 9.17) is 28.5 Å². The normalized spacial score (nSPS) is 12.5. The number of nitrogens with two attached hydrogens (primary N) is 1. The van der Waals surface area contributed by atoms with E-state index in [1.807, 2.05) is 0 Å². The van der Waals surface area contributed by atoms with Crippen LogP contribution >= 0.6 is 0 Å². The highest BCUT2D eigenvalue weighted by molar-refractivity contribution is 6.07. The lowest BCUT2D eigenvalue weighted by molar-refractivity contribution is -0.276. The van der Waals surface area contributed by atoms with Crippen LogP contribution in [0.3, 0.4) is 0 Å². The first-order chi connectivity index (χ1) is 38.3. The molecule has 1 amide bonds. The Morgan fingerprint density at radius 1 is 0.584 bits per heavy atom. The minimum atomic E-state index is -5.40. The standard InChI is InChI=1S/C23H15F7N2O6.C16H9F7O5.C7H8N2O2/c1-35-19-15(6-5-14(18(19)25)38-23(28,29)30)37-13-4-3-11(20(26)27)17(24)16(13)21(33)32-10-7-8-31-12(9-10)22(34)36-2;1-26-13-9(5-4-8(12(13)18)28-16(21,22)23)27-7-3-2-6(14(19)20)11(17)10(7)15(24)25;1-11-7(10)6-4-5(8)2-3-9-6/h3-9,20H,1-2H3,(H,31,32,33);2-5,14H,1H3,(H,24,25);2-4H,1H3,(H2,8,9)/i2*1D3;. The van der Waals surface area contributed by atoms with Crippen molar-refractivity contribution in [3.05, 3.63) is 142 Å². The summed E-state index contributed by atoms with van der Waals surface area (Å²) in [6, 6.07) is 9.10. The molecule has 0 aliphatic heterocycles. The van der Waals surface area contributed by atoms with Crippen LogP contribution < -0.4 is 39.5 Å². The van der Waals surface area contributed by atoms with Gasteiger partial charge in [-0.1, -0.05) is 0 Å². The molecule has 0 aliphatic rings. The number of hydrogen-bond acceptors (Lipinski definition) is 15. The van der Waals surface area contributed by atoms with Crippen molar-refractivity contribution in [1.29, 1.82) is 0 Å². The predicted molar refractivity (Wildman–Crippen MR) is 233 cm³/mol. The predicted octanol–water partition coefficient (Wildman–Crippen LogP) is 11.8. The molecule has 2 heterocycles. The van der Waals surface area contributed by atoms with Gasteiger partial charge in [0.05, 0.1) is 47.6 Å². The van der Waals surface area contributed by atoms with Crippen molar-refractivity contribution in [3.8, 4) is 46.0 Å². The minimum Gasteiger partial charge on any atom is -0.490 e. The first kappa shape index (κ1) is 51.2. The highest BCUT2D eigenvalue weighted by atomic mass is 19.4. The Bertz CT molecular complexity index is 3360. The number of aromatic carboxylic acids is 1. The van der Waals surface area contributed by atoms with E-state index >= 15 is 4.39 Å². The summed E-state index contributed by atoms with van der Waals surface area (Å²) < 4.78 is 263. The van der Waals surface area contributed by atoms with Gasteiger partial charge in [0.25, 0.3) is 18.8 Å². The maximum Gasteiger partial charge on any atom is 0.573 e. The molecule has 0 aliphatic carbocycles. The Kier molecular flexibility index (Phi) is 17.1. The highest BCUT2D eigenvalue weighted by Crippen LogP contribution is 2.44. The molecule has 0 spiro atoms. The molecule has 6 aromatic rings. The van der Waals surface area contributed by atoms with Crippen LogP contribution in [-0.2, 0) is 9.47 Å². The topological polar surface area (TPSA) is 226 Å². The number of amides is 1. The van der Waals surface area contributed by atoms with Crippen LogP contribution in [0, 0.1) is 23.3 Å². The van der Waals surface area contributed by atoms with Crippen LogP contribution in [0.25, 0.3) is 0 Å². The molecule has 4 aromatic carbocycles. The molecule has 0 saturated carbocycles. The SMILES string of the molecule is COC(=O)c1cc(N)ccn1.[2H]C([2H])([2H])Oc1c(Oc2ccc(C(F)F)c(F)c2C(=O)Nc2ccnc(C(=O)OC)c2)ccc(OC(F)(F)F)c1F.[2H]C([2H])([2H])Oc1c(Oc2ccc(C(F)F)c(F)c2C(=O)O)ccc(OC(F)(F)F)c1F. The highest BCUT2D eigenvalue weighted by Gasteiger charge is 2.36. The molecule has 4 N–H and O–H groups in total. The first-order valence-electron chi connectivity index (χ1n) is 22.8. The van der Waals surface area contributed by atoms with E-state index in [9.17, 15) is 76.3 Å². The van der Waals surface area contributed by atoms with Crippen LogP contribution in [0.2, 0.25) is 0 Å². The molecule has 0 radical (unpaired) electrons. The van der Waals surface area contributed by atoms with Crippen LogP contribution in [0.1, 0.15) is 73.9 Å². The van der Waals surface area contributed by atoms with E-state index in [1.54, 1.807) is 6.07 Å².